The fourth-order valence-electron chi connectivity index (χ4n) is 2.97. The van der Waals surface area contributed by atoms with E-state index in [0.29, 0.717) is 6.04 Å². The van der Waals surface area contributed by atoms with Crippen molar-refractivity contribution in [1.82, 2.24) is 10.2 Å². The van der Waals surface area contributed by atoms with Crippen LogP contribution in [0, 0.1) is 0 Å². The number of likely N-dealkylation sites (tertiary alicyclic amines) is 1. The first-order valence-electron chi connectivity index (χ1n) is 9.14. The fraction of sp³-hybridized carbons (Fsp3) is 0.944. The van der Waals surface area contributed by atoms with Crippen LogP contribution in [0.2, 0.25) is 0 Å². The Bertz CT molecular complexity index is 342. The molecule has 1 aliphatic heterocycles. The molecule has 0 aliphatic carbocycles. The highest BCUT2D eigenvalue weighted by atomic mass is 16.6. The third-order valence-corrected chi connectivity index (χ3v) is 4.04. The lowest BCUT2D eigenvalue weighted by Crippen LogP contribution is -2.48. The lowest BCUT2D eigenvalue weighted by molar-refractivity contribution is 0.00790. The SMILES string of the molecule is CCOCCCNC(C)CC1CCCCN1C(=O)OC(C)(C)C. The van der Waals surface area contributed by atoms with Crippen molar-refractivity contribution >= 4 is 6.09 Å². The van der Waals surface area contributed by atoms with Gasteiger partial charge in [0, 0.05) is 31.8 Å². The average Bonchev–Trinajstić information content (AvgIpc) is 2.45. The van der Waals surface area contributed by atoms with E-state index in [9.17, 15) is 4.79 Å². The quantitative estimate of drug-likeness (QED) is 0.692. The van der Waals surface area contributed by atoms with Crippen molar-refractivity contribution in [3.8, 4) is 0 Å². The minimum atomic E-state index is -0.428. The summed E-state index contributed by atoms with van der Waals surface area (Å²) in [5, 5.41) is 3.54. The Morgan fingerprint density at radius 2 is 2.09 bits per heavy atom. The summed E-state index contributed by atoms with van der Waals surface area (Å²) in [5.41, 5.74) is -0.428. The van der Waals surface area contributed by atoms with E-state index in [4.69, 9.17) is 9.47 Å². The molecule has 1 heterocycles. The zero-order valence-corrected chi connectivity index (χ0v) is 15.7. The molecule has 1 N–H and O–H groups in total. The molecule has 0 saturated carbocycles. The summed E-state index contributed by atoms with van der Waals surface area (Å²) < 4.78 is 10.9. The maximum absolute atomic E-state index is 12.4. The Hall–Kier alpha value is -0.810. The number of ether oxygens (including phenoxy) is 2. The maximum Gasteiger partial charge on any atom is 0.410 e. The number of carbonyl (C=O) groups excluding carboxylic acids is 1. The largest absolute Gasteiger partial charge is 0.444 e. The maximum atomic E-state index is 12.4. The molecule has 5 nitrogen and oxygen atoms in total. The Balaban J connectivity index is 2.40. The van der Waals surface area contributed by atoms with Crippen molar-refractivity contribution in [1.29, 1.82) is 0 Å². The summed E-state index contributed by atoms with van der Waals surface area (Å²) in [6, 6.07) is 0.678. The highest BCUT2D eigenvalue weighted by Gasteiger charge is 2.31. The van der Waals surface area contributed by atoms with Crippen molar-refractivity contribution in [3.05, 3.63) is 0 Å². The number of nitrogens with zero attached hydrogens (tertiary/aromatic N) is 1. The van der Waals surface area contributed by atoms with Crippen LogP contribution in [0.4, 0.5) is 4.79 Å². The summed E-state index contributed by atoms with van der Waals surface area (Å²) in [7, 11) is 0. The number of piperidine rings is 1. The van der Waals surface area contributed by atoms with Crippen molar-refractivity contribution < 1.29 is 14.3 Å². The van der Waals surface area contributed by atoms with Gasteiger partial charge in [-0.1, -0.05) is 0 Å². The van der Waals surface area contributed by atoms with Gasteiger partial charge in [0.25, 0.3) is 0 Å². The zero-order chi connectivity index (χ0) is 17.3. The third-order valence-electron chi connectivity index (χ3n) is 4.04. The molecule has 1 amide bonds. The summed E-state index contributed by atoms with van der Waals surface area (Å²) in [5.74, 6) is 0. The Morgan fingerprint density at radius 1 is 1.35 bits per heavy atom. The summed E-state index contributed by atoms with van der Waals surface area (Å²) in [6.45, 7) is 13.3. The van der Waals surface area contributed by atoms with Crippen LogP contribution < -0.4 is 5.32 Å². The second kappa shape index (κ2) is 10.1. The number of amides is 1. The van der Waals surface area contributed by atoms with Gasteiger partial charge in [-0.3, -0.25) is 0 Å². The van der Waals surface area contributed by atoms with E-state index >= 15 is 0 Å². The van der Waals surface area contributed by atoms with Crippen molar-refractivity contribution in [2.24, 2.45) is 0 Å². The van der Waals surface area contributed by atoms with Crippen LogP contribution in [0.1, 0.15) is 66.7 Å². The summed E-state index contributed by atoms with van der Waals surface area (Å²) in [6.07, 6.45) is 5.19. The number of nitrogens with one attached hydrogen (secondary N) is 1. The topological polar surface area (TPSA) is 50.8 Å². The molecule has 2 atom stereocenters. The predicted octanol–water partition coefficient (Wildman–Crippen LogP) is 3.57. The van der Waals surface area contributed by atoms with Gasteiger partial charge in [0.05, 0.1) is 0 Å². The predicted molar refractivity (Wildman–Crippen MR) is 93.8 cm³/mol. The van der Waals surface area contributed by atoms with Crippen LogP contribution in [-0.2, 0) is 9.47 Å². The van der Waals surface area contributed by atoms with Gasteiger partial charge in [-0.15, -0.1) is 0 Å². The van der Waals surface area contributed by atoms with Gasteiger partial charge in [-0.25, -0.2) is 4.79 Å². The van der Waals surface area contributed by atoms with E-state index in [1.165, 1.54) is 6.42 Å². The Kier molecular flexibility index (Phi) is 8.92. The molecule has 0 aromatic heterocycles. The summed E-state index contributed by atoms with van der Waals surface area (Å²) >= 11 is 0. The molecule has 0 bridgehead atoms. The van der Waals surface area contributed by atoms with E-state index in [0.717, 1.165) is 52.0 Å². The van der Waals surface area contributed by atoms with Crippen LogP contribution in [0.15, 0.2) is 0 Å². The normalized spacial score (nSPS) is 20.4. The molecule has 1 rings (SSSR count). The molecule has 1 aliphatic rings. The molecule has 0 aromatic rings. The van der Waals surface area contributed by atoms with Crippen LogP contribution in [-0.4, -0.2) is 55.0 Å². The molecule has 0 aromatic carbocycles. The van der Waals surface area contributed by atoms with E-state index in [2.05, 4.69) is 12.2 Å². The van der Waals surface area contributed by atoms with Gasteiger partial charge < -0.3 is 19.7 Å². The van der Waals surface area contributed by atoms with E-state index in [1.54, 1.807) is 0 Å². The van der Waals surface area contributed by atoms with Gasteiger partial charge in [-0.05, 0) is 73.3 Å². The van der Waals surface area contributed by atoms with Crippen molar-refractivity contribution in [2.45, 2.75) is 84.4 Å². The number of hydrogen-bond donors (Lipinski definition) is 1. The molecule has 5 heteroatoms. The van der Waals surface area contributed by atoms with E-state index in [-0.39, 0.29) is 12.1 Å². The lowest BCUT2D eigenvalue weighted by Gasteiger charge is -2.38. The summed E-state index contributed by atoms with van der Waals surface area (Å²) in [4.78, 5) is 14.3. The lowest BCUT2D eigenvalue weighted by atomic mass is 9.96. The monoisotopic (exact) mass is 328 g/mol. The fourth-order valence-corrected chi connectivity index (χ4v) is 2.97. The first-order valence-corrected chi connectivity index (χ1v) is 9.14. The smallest absolute Gasteiger partial charge is 0.410 e. The van der Waals surface area contributed by atoms with Crippen LogP contribution in [0.3, 0.4) is 0 Å². The van der Waals surface area contributed by atoms with E-state index in [1.807, 2.05) is 32.6 Å². The minimum absolute atomic E-state index is 0.161. The van der Waals surface area contributed by atoms with Crippen LogP contribution >= 0.6 is 0 Å². The third kappa shape index (κ3) is 8.56. The average molecular weight is 328 g/mol. The minimum Gasteiger partial charge on any atom is -0.444 e. The van der Waals surface area contributed by atoms with Crippen LogP contribution in [0.25, 0.3) is 0 Å². The molecule has 0 radical (unpaired) electrons. The molecule has 1 fully saturated rings. The Labute approximate surface area is 142 Å². The van der Waals surface area contributed by atoms with Crippen LogP contribution in [0.5, 0.6) is 0 Å². The van der Waals surface area contributed by atoms with Gasteiger partial charge in [0.1, 0.15) is 5.60 Å². The molecule has 1 saturated heterocycles. The first-order chi connectivity index (χ1) is 10.8. The zero-order valence-electron chi connectivity index (χ0n) is 15.7. The van der Waals surface area contributed by atoms with Crippen molar-refractivity contribution in [3.63, 3.8) is 0 Å². The van der Waals surface area contributed by atoms with Gasteiger partial charge in [0.15, 0.2) is 0 Å². The van der Waals surface area contributed by atoms with Gasteiger partial charge >= 0.3 is 6.09 Å². The number of carbonyl (C=O) groups is 1. The first kappa shape index (κ1) is 20.2. The second-order valence-electron chi connectivity index (χ2n) is 7.46. The van der Waals surface area contributed by atoms with Crippen molar-refractivity contribution in [2.75, 3.05) is 26.3 Å². The van der Waals surface area contributed by atoms with Gasteiger partial charge in [0.2, 0.25) is 0 Å². The highest BCUT2D eigenvalue weighted by Crippen LogP contribution is 2.23. The molecule has 0 spiro atoms. The molecule has 23 heavy (non-hydrogen) atoms. The molecular weight excluding hydrogens is 292 g/mol. The number of rotatable bonds is 8. The molecule has 2 unspecified atom stereocenters. The van der Waals surface area contributed by atoms with E-state index < -0.39 is 5.60 Å². The van der Waals surface area contributed by atoms with Gasteiger partial charge in [-0.2, -0.15) is 0 Å². The number of hydrogen-bond acceptors (Lipinski definition) is 4. The second-order valence-corrected chi connectivity index (χ2v) is 7.46. The Morgan fingerprint density at radius 3 is 2.74 bits per heavy atom. The molecular formula is C18H36N2O3. The standard InChI is InChI=1S/C18H36N2O3/c1-6-22-13-9-11-19-15(2)14-16-10-7-8-12-20(16)17(21)23-18(3,4)5/h15-16,19H,6-14H2,1-5H3. The highest BCUT2D eigenvalue weighted by molar-refractivity contribution is 5.68. The molecule has 136 valence electrons.